The Labute approximate surface area is 134 Å². The Kier molecular flexibility index (Phi) is 5.02. The van der Waals surface area contributed by atoms with E-state index in [-0.39, 0.29) is 23.8 Å². The number of carbonyl (C=O) groups is 2. The second kappa shape index (κ2) is 6.64. The van der Waals surface area contributed by atoms with Crippen LogP contribution in [0.4, 0.5) is 13.6 Å². The zero-order valence-corrected chi connectivity index (χ0v) is 13.6. The SMILES string of the molecule is CC(C)(C)OC(=O)N1CCCC1CC(=O)c1ccc(F)c(F)c1. The van der Waals surface area contributed by atoms with Crippen molar-refractivity contribution < 1.29 is 23.1 Å². The van der Waals surface area contributed by atoms with Gasteiger partial charge >= 0.3 is 6.09 Å². The van der Waals surface area contributed by atoms with Gasteiger partial charge in [0, 0.05) is 24.6 Å². The van der Waals surface area contributed by atoms with E-state index in [1.807, 2.05) is 0 Å². The van der Waals surface area contributed by atoms with Gasteiger partial charge in [0.05, 0.1) is 0 Å². The molecule has 1 aliphatic heterocycles. The van der Waals surface area contributed by atoms with Crippen LogP contribution >= 0.6 is 0 Å². The molecule has 0 spiro atoms. The summed E-state index contributed by atoms with van der Waals surface area (Å²) < 4.78 is 31.5. The predicted octanol–water partition coefficient (Wildman–Crippen LogP) is 3.94. The molecule has 23 heavy (non-hydrogen) atoms. The first-order valence-electron chi connectivity index (χ1n) is 7.65. The second-order valence-corrected chi connectivity index (χ2v) is 6.73. The van der Waals surface area contributed by atoms with E-state index in [4.69, 9.17) is 4.74 Å². The molecule has 0 bridgehead atoms. The van der Waals surface area contributed by atoms with Gasteiger partial charge in [0.15, 0.2) is 17.4 Å². The van der Waals surface area contributed by atoms with Crippen LogP contribution in [0.5, 0.6) is 0 Å². The number of benzene rings is 1. The summed E-state index contributed by atoms with van der Waals surface area (Å²) in [6.45, 7) is 5.87. The standard InChI is InChI=1S/C17H21F2NO3/c1-17(2,3)23-16(22)20-8-4-5-12(20)10-15(21)11-6-7-13(18)14(19)9-11/h6-7,9,12H,4-5,8,10H2,1-3H3. The molecule has 4 nitrogen and oxygen atoms in total. The molecule has 1 saturated heterocycles. The van der Waals surface area contributed by atoms with Crippen molar-refractivity contribution in [2.24, 2.45) is 0 Å². The fourth-order valence-electron chi connectivity index (χ4n) is 2.61. The van der Waals surface area contributed by atoms with E-state index in [9.17, 15) is 18.4 Å². The minimum Gasteiger partial charge on any atom is -0.444 e. The van der Waals surface area contributed by atoms with Crippen molar-refractivity contribution in [3.63, 3.8) is 0 Å². The molecule has 126 valence electrons. The second-order valence-electron chi connectivity index (χ2n) is 6.73. The minimum absolute atomic E-state index is 0.0737. The molecule has 1 aromatic rings. The van der Waals surface area contributed by atoms with Crippen LogP contribution in [0.25, 0.3) is 0 Å². The van der Waals surface area contributed by atoms with Crippen molar-refractivity contribution in [1.29, 1.82) is 0 Å². The zero-order chi connectivity index (χ0) is 17.2. The zero-order valence-electron chi connectivity index (χ0n) is 13.6. The normalized spacial score (nSPS) is 18.1. The number of rotatable bonds is 3. The number of Topliss-reactive ketones (excluding diaryl/α,β-unsaturated/α-hetero) is 1. The van der Waals surface area contributed by atoms with E-state index in [0.717, 1.165) is 18.6 Å². The van der Waals surface area contributed by atoms with Crippen molar-refractivity contribution >= 4 is 11.9 Å². The van der Waals surface area contributed by atoms with Gasteiger partial charge in [-0.25, -0.2) is 13.6 Å². The van der Waals surface area contributed by atoms with Crippen LogP contribution in [0, 0.1) is 11.6 Å². The molecule has 1 aliphatic rings. The summed E-state index contributed by atoms with van der Waals surface area (Å²) in [4.78, 5) is 26.0. The van der Waals surface area contributed by atoms with Gasteiger partial charge in [-0.1, -0.05) is 0 Å². The molecule has 1 fully saturated rings. The molecular formula is C17H21F2NO3. The largest absolute Gasteiger partial charge is 0.444 e. The maximum Gasteiger partial charge on any atom is 0.410 e. The Morgan fingerprint density at radius 2 is 1.96 bits per heavy atom. The molecule has 2 rings (SSSR count). The summed E-state index contributed by atoms with van der Waals surface area (Å²) in [5.74, 6) is -2.35. The number of hydrogen-bond acceptors (Lipinski definition) is 3. The Morgan fingerprint density at radius 1 is 1.26 bits per heavy atom. The molecule has 0 saturated carbocycles. The Balaban J connectivity index is 2.04. The number of likely N-dealkylation sites (tertiary alicyclic amines) is 1. The summed E-state index contributed by atoms with van der Waals surface area (Å²) in [5.41, 5.74) is -0.492. The average molecular weight is 325 g/mol. The van der Waals surface area contributed by atoms with E-state index in [1.165, 1.54) is 6.07 Å². The number of hydrogen-bond donors (Lipinski definition) is 0. The highest BCUT2D eigenvalue weighted by atomic mass is 19.2. The predicted molar refractivity (Wildman–Crippen MR) is 81.3 cm³/mol. The number of ether oxygens (including phenoxy) is 1. The maximum atomic E-state index is 13.2. The van der Waals surface area contributed by atoms with Gasteiger partial charge in [-0.15, -0.1) is 0 Å². The molecule has 1 amide bonds. The average Bonchev–Trinajstić information content (AvgIpc) is 2.88. The molecule has 1 aromatic carbocycles. The van der Waals surface area contributed by atoms with Crippen LogP contribution in [-0.2, 0) is 4.74 Å². The third-order valence-corrected chi connectivity index (χ3v) is 3.67. The molecule has 0 aliphatic carbocycles. The highest BCUT2D eigenvalue weighted by Gasteiger charge is 2.33. The minimum atomic E-state index is -1.05. The van der Waals surface area contributed by atoms with E-state index >= 15 is 0 Å². The van der Waals surface area contributed by atoms with Gasteiger partial charge in [0.2, 0.25) is 0 Å². The summed E-state index contributed by atoms with van der Waals surface area (Å²) in [5, 5.41) is 0. The number of amides is 1. The quantitative estimate of drug-likeness (QED) is 0.791. The van der Waals surface area contributed by atoms with Crippen LogP contribution in [0.3, 0.4) is 0 Å². The van der Waals surface area contributed by atoms with Crippen LogP contribution in [0.15, 0.2) is 18.2 Å². The van der Waals surface area contributed by atoms with Crippen LogP contribution in [0.1, 0.15) is 50.4 Å². The first-order valence-corrected chi connectivity index (χ1v) is 7.65. The van der Waals surface area contributed by atoms with Gasteiger partial charge in [-0.05, 0) is 51.8 Å². The Hall–Kier alpha value is -1.98. The fourth-order valence-corrected chi connectivity index (χ4v) is 2.61. The van der Waals surface area contributed by atoms with E-state index in [2.05, 4.69) is 0 Å². The molecule has 0 N–H and O–H groups in total. The fraction of sp³-hybridized carbons (Fsp3) is 0.529. The van der Waals surface area contributed by atoms with E-state index < -0.39 is 23.3 Å². The summed E-state index contributed by atoms with van der Waals surface area (Å²) in [6, 6.07) is 2.81. The lowest BCUT2D eigenvalue weighted by atomic mass is 10.0. The van der Waals surface area contributed by atoms with Crippen LogP contribution in [0.2, 0.25) is 0 Å². The Morgan fingerprint density at radius 3 is 2.57 bits per heavy atom. The number of halogens is 2. The molecule has 6 heteroatoms. The van der Waals surface area contributed by atoms with Gasteiger partial charge in [-0.2, -0.15) is 0 Å². The van der Waals surface area contributed by atoms with Gasteiger partial charge in [0.25, 0.3) is 0 Å². The smallest absolute Gasteiger partial charge is 0.410 e. The monoisotopic (exact) mass is 325 g/mol. The molecule has 0 radical (unpaired) electrons. The van der Waals surface area contributed by atoms with Gasteiger partial charge < -0.3 is 9.64 Å². The number of ketones is 1. The highest BCUT2D eigenvalue weighted by molar-refractivity contribution is 5.96. The molecule has 1 atom stereocenters. The van der Waals surface area contributed by atoms with Gasteiger partial charge in [-0.3, -0.25) is 4.79 Å². The summed E-state index contributed by atoms with van der Waals surface area (Å²) in [6.07, 6.45) is 1.10. The van der Waals surface area contributed by atoms with Gasteiger partial charge in [0.1, 0.15) is 5.60 Å². The third-order valence-electron chi connectivity index (χ3n) is 3.67. The van der Waals surface area contributed by atoms with Crippen molar-refractivity contribution in [2.75, 3.05) is 6.54 Å². The first kappa shape index (κ1) is 17.4. The van der Waals surface area contributed by atoms with Crippen LogP contribution in [-0.4, -0.2) is 35.0 Å². The van der Waals surface area contributed by atoms with Crippen molar-refractivity contribution in [3.05, 3.63) is 35.4 Å². The van der Waals surface area contributed by atoms with E-state index in [0.29, 0.717) is 13.0 Å². The molecule has 1 heterocycles. The molecule has 0 aromatic heterocycles. The summed E-state index contributed by atoms with van der Waals surface area (Å²) >= 11 is 0. The number of nitrogens with zero attached hydrogens (tertiary/aromatic N) is 1. The lowest BCUT2D eigenvalue weighted by Crippen LogP contribution is -2.40. The lowest BCUT2D eigenvalue weighted by Gasteiger charge is -2.28. The van der Waals surface area contributed by atoms with E-state index in [1.54, 1.807) is 25.7 Å². The van der Waals surface area contributed by atoms with Crippen molar-refractivity contribution in [3.8, 4) is 0 Å². The first-order chi connectivity index (χ1) is 10.7. The highest BCUT2D eigenvalue weighted by Crippen LogP contribution is 2.24. The van der Waals surface area contributed by atoms with Crippen LogP contribution < -0.4 is 0 Å². The molecule has 1 unspecified atom stereocenters. The summed E-state index contributed by atoms with van der Waals surface area (Å²) in [7, 11) is 0. The maximum absolute atomic E-state index is 13.2. The van der Waals surface area contributed by atoms with Crippen molar-refractivity contribution in [2.45, 2.75) is 51.7 Å². The topological polar surface area (TPSA) is 46.6 Å². The van der Waals surface area contributed by atoms with Crippen molar-refractivity contribution in [1.82, 2.24) is 4.90 Å². The molecular weight excluding hydrogens is 304 g/mol. The Bertz CT molecular complexity index is 610. The number of carbonyl (C=O) groups excluding carboxylic acids is 2. The third kappa shape index (κ3) is 4.50. The lowest BCUT2D eigenvalue weighted by molar-refractivity contribution is 0.0223.